The van der Waals surface area contributed by atoms with Crippen LogP contribution in [0.4, 0.5) is 5.82 Å². The highest BCUT2D eigenvalue weighted by molar-refractivity contribution is 7.98. The molecule has 5 heteroatoms. The molecule has 1 unspecified atom stereocenters. The Morgan fingerprint density at radius 3 is 2.94 bits per heavy atom. The SMILES string of the molecule is CCCC(COC)Nc1cc(SC)ncn1. The fourth-order valence-electron chi connectivity index (χ4n) is 1.49. The number of hydrogen-bond donors (Lipinski definition) is 1. The van der Waals surface area contributed by atoms with Crippen molar-refractivity contribution in [2.45, 2.75) is 30.8 Å². The summed E-state index contributed by atoms with van der Waals surface area (Å²) in [5, 5.41) is 4.34. The normalized spacial score (nSPS) is 12.4. The Balaban J connectivity index is 2.60. The molecule has 1 N–H and O–H groups in total. The number of anilines is 1. The summed E-state index contributed by atoms with van der Waals surface area (Å²) >= 11 is 1.61. The average Bonchev–Trinajstić information content (AvgIpc) is 2.30. The fourth-order valence-corrected chi connectivity index (χ4v) is 1.87. The second-order valence-corrected chi connectivity index (χ2v) is 4.36. The molecule has 0 saturated heterocycles. The molecule has 0 saturated carbocycles. The van der Waals surface area contributed by atoms with Gasteiger partial charge >= 0.3 is 0 Å². The lowest BCUT2D eigenvalue weighted by Gasteiger charge is -2.17. The van der Waals surface area contributed by atoms with E-state index in [2.05, 4.69) is 22.2 Å². The maximum atomic E-state index is 5.17. The van der Waals surface area contributed by atoms with Crippen molar-refractivity contribution in [3.8, 4) is 0 Å². The van der Waals surface area contributed by atoms with Crippen molar-refractivity contribution < 1.29 is 4.74 Å². The number of nitrogens with zero attached hydrogens (tertiary/aromatic N) is 2. The van der Waals surface area contributed by atoms with Crippen LogP contribution in [0.3, 0.4) is 0 Å². The van der Waals surface area contributed by atoms with Gasteiger partial charge in [0, 0.05) is 13.2 Å². The quantitative estimate of drug-likeness (QED) is 0.587. The van der Waals surface area contributed by atoms with Crippen LogP contribution in [0, 0.1) is 0 Å². The minimum absolute atomic E-state index is 0.319. The van der Waals surface area contributed by atoms with E-state index < -0.39 is 0 Å². The molecule has 0 fully saturated rings. The predicted octanol–water partition coefficient (Wildman–Crippen LogP) is 2.43. The molecule has 0 radical (unpaired) electrons. The molecule has 1 atom stereocenters. The zero-order valence-corrected chi connectivity index (χ0v) is 10.9. The lowest BCUT2D eigenvalue weighted by molar-refractivity contribution is 0.182. The van der Waals surface area contributed by atoms with Gasteiger partial charge in [-0.1, -0.05) is 13.3 Å². The van der Waals surface area contributed by atoms with Gasteiger partial charge < -0.3 is 10.1 Å². The molecule has 90 valence electrons. The van der Waals surface area contributed by atoms with Gasteiger partial charge in [-0.05, 0) is 12.7 Å². The second-order valence-electron chi connectivity index (χ2n) is 3.53. The highest BCUT2D eigenvalue weighted by Gasteiger charge is 2.08. The van der Waals surface area contributed by atoms with E-state index in [1.165, 1.54) is 0 Å². The summed E-state index contributed by atoms with van der Waals surface area (Å²) in [6.45, 7) is 2.87. The van der Waals surface area contributed by atoms with Gasteiger partial charge in [-0.2, -0.15) is 0 Å². The van der Waals surface area contributed by atoms with Gasteiger partial charge in [0.2, 0.25) is 0 Å². The molecule has 1 aromatic rings. The van der Waals surface area contributed by atoms with Gasteiger partial charge in [0.05, 0.1) is 12.6 Å². The minimum Gasteiger partial charge on any atom is -0.383 e. The van der Waals surface area contributed by atoms with E-state index in [0.717, 1.165) is 23.7 Å². The molecular formula is C11H19N3OS. The number of thioether (sulfide) groups is 1. The highest BCUT2D eigenvalue weighted by atomic mass is 32.2. The van der Waals surface area contributed by atoms with Crippen LogP contribution in [-0.4, -0.2) is 36.0 Å². The van der Waals surface area contributed by atoms with Crippen LogP contribution < -0.4 is 5.32 Å². The molecule has 0 aliphatic rings. The molecule has 4 nitrogen and oxygen atoms in total. The van der Waals surface area contributed by atoms with Crippen molar-refractivity contribution in [1.29, 1.82) is 0 Å². The van der Waals surface area contributed by atoms with Crippen molar-refractivity contribution in [3.05, 3.63) is 12.4 Å². The first-order valence-electron chi connectivity index (χ1n) is 5.41. The van der Waals surface area contributed by atoms with Crippen LogP contribution in [-0.2, 0) is 4.74 Å². The third kappa shape index (κ3) is 4.37. The Bertz CT molecular complexity index is 303. The summed E-state index contributed by atoms with van der Waals surface area (Å²) in [7, 11) is 1.72. The summed E-state index contributed by atoms with van der Waals surface area (Å²) in [6.07, 6.45) is 5.79. The second kappa shape index (κ2) is 7.46. The molecular weight excluding hydrogens is 222 g/mol. The van der Waals surface area contributed by atoms with Crippen LogP contribution in [0.2, 0.25) is 0 Å². The maximum Gasteiger partial charge on any atom is 0.130 e. The van der Waals surface area contributed by atoms with Crippen molar-refractivity contribution in [1.82, 2.24) is 9.97 Å². The van der Waals surface area contributed by atoms with E-state index in [1.54, 1.807) is 25.2 Å². The lowest BCUT2D eigenvalue weighted by Crippen LogP contribution is -2.25. The zero-order valence-electron chi connectivity index (χ0n) is 10.1. The fraction of sp³-hybridized carbons (Fsp3) is 0.636. The summed E-state index contributed by atoms with van der Waals surface area (Å²) in [4.78, 5) is 8.34. The van der Waals surface area contributed by atoms with E-state index in [1.807, 2.05) is 12.3 Å². The third-order valence-electron chi connectivity index (χ3n) is 2.21. The van der Waals surface area contributed by atoms with E-state index >= 15 is 0 Å². The number of rotatable bonds is 7. The van der Waals surface area contributed by atoms with Crippen LogP contribution >= 0.6 is 11.8 Å². The Labute approximate surface area is 101 Å². The number of methoxy groups -OCH3 is 1. The van der Waals surface area contributed by atoms with Gasteiger partial charge in [-0.15, -0.1) is 11.8 Å². The molecule has 1 rings (SSSR count). The Morgan fingerprint density at radius 1 is 1.50 bits per heavy atom. The first-order chi connectivity index (χ1) is 7.80. The summed E-state index contributed by atoms with van der Waals surface area (Å²) in [5.41, 5.74) is 0. The number of nitrogens with one attached hydrogen (secondary N) is 1. The van der Waals surface area contributed by atoms with Crippen LogP contribution in [0.1, 0.15) is 19.8 Å². The van der Waals surface area contributed by atoms with Gasteiger partial charge in [-0.25, -0.2) is 9.97 Å². The zero-order chi connectivity index (χ0) is 11.8. The Kier molecular flexibility index (Phi) is 6.18. The minimum atomic E-state index is 0.319. The van der Waals surface area contributed by atoms with Crippen molar-refractivity contribution in [2.24, 2.45) is 0 Å². The van der Waals surface area contributed by atoms with Crippen LogP contribution in [0.5, 0.6) is 0 Å². The largest absolute Gasteiger partial charge is 0.383 e. The van der Waals surface area contributed by atoms with Crippen LogP contribution in [0.25, 0.3) is 0 Å². The predicted molar refractivity (Wildman–Crippen MR) is 68.0 cm³/mol. The smallest absolute Gasteiger partial charge is 0.130 e. The maximum absolute atomic E-state index is 5.17. The van der Waals surface area contributed by atoms with Gasteiger partial charge in [0.25, 0.3) is 0 Å². The average molecular weight is 241 g/mol. The molecule has 0 aliphatic carbocycles. The van der Waals surface area contributed by atoms with Crippen molar-refractivity contribution >= 4 is 17.6 Å². The van der Waals surface area contributed by atoms with Gasteiger partial charge in [-0.3, -0.25) is 0 Å². The summed E-state index contributed by atoms with van der Waals surface area (Å²) in [6, 6.07) is 2.28. The molecule has 0 amide bonds. The summed E-state index contributed by atoms with van der Waals surface area (Å²) < 4.78 is 5.17. The molecule has 0 spiro atoms. The molecule has 1 aromatic heterocycles. The van der Waals surface area contributed by atoms with Gasteiger partial charge in [0.1, 0.15) is 17.2 Å². The molecule has 16 heavy (non-hydrogen) atoms. The Morgan fingerprint density at radius 2 is 2.31 bits per heavy atom. The summed E-state index contributed by atoms with van der Waals surface area (Å²) in [5.74, 6) is 0.870. The van der Waals surface area contributed by atoms with E-state index in [4.69, 9.17) is 4.74 Å². The molecule has 1 heterocycles. The van der Waals surface area contributed by atoms with Crippen molar-refractivity contribution in [2.75, 3.05) is 25.3 Å². The topological polar surface area (TPSA) is 47.0 Å². The van der Waals surface area contributed by atoms with E-state index in [9.17, 15) is 0 Å². The number of hydrogen-bond acceptors (Lipinski definition) is 5. The Hall–Kier alpha value is -0.810. The highest BCUT2D eigenvalue weighted by Crippen LogP contribution is 2.15. The number of aromatic nitrogens is 2. The molecule has 0 aliphatic heterocycles. The van der Waals surface area contributed by atoms with Crippen LogP contribution in [0.15, 0.2) is 17.4 Å². The monoisotopic (exact) mass is 241 g/mol. The van der Waals surface area contributed by atoms with Crippen molar-refractivity contribution in [3.63, 3.8) is 0 Å². The van der Waals surface area contributed by atoms with E-state index in [-0.39, 0.29) is 0 Å². The van der Waals surface area contributed by atoms with Gasteiger partial charge in [0.15, 0.2) is 0 Å². The standard InChI is InChI=1S/C11H19N3OS/c1-4-5-9(7-15-2)14-10-6-11(16-3)13-8-12-10/h6,8-9H,4-5,7H2,1-3H3,(H,12,13,14). The third-order valence-corrected chi connectivity index (χ3v) is 2.85. The lowest BCUT2D eigenvalue weighted by atomic mass is 10.2. The molecule has 0 bridgehead atoms. The molecule has 0 aromatic carbocycles. The first-order valence-corrected chi connectivity index (χ1v) is 6.64. The van der Waals surface area contributed by atoms with E-state index in [0.29, 0.717) is 12.6 Å². The number of ether oxygens (including phenoxy) is 1. The first kappa shape index (κ1) is 13.3.